The Morgan fingerprint density at radius 3 is 2.00 bits per heavy atom. The molecule has 0 aromatic carbocycles. The molecule has 0 aromatic rings. The normalized spacial score (nSPS) is 26.8. The maximum Gasteiger partial charge on any atom is 0.241 e. The monoisotopic (exact) mass is 254 g/mol. The van der Waals surface area contributed by atoms with Crippen LogP contribution in [-0.2, 0) is 4.79 Å². The lowest BCUT2D eigenvalue weighted by atomic mass is 9.96. The van der Waals surface area contributed by atoms with Crippen LogP contribution < -0.4 is 5.32 Å². The van der Waals surface area contributed by atoms with Gasteiger partial charge >= 0.3 is 0 Å². The summed E-state index contributed by atoms with van der Waals surface area (Å²) in [6.45, 7) is 16.1. The molecule has 0 aliphatic carbocycles. The van der Waals surface area contributed by atoms with Crippen molar-refractivity contribution in [3.8, 4) is 0 Å². The van der Waals surface area contributed by atoms with E-state index in [1.54, 1.807) is 0 Å². The number of nitrogens with zero attached hydrogens (tertiary/aromatic N) is 1. The molecule has 0 saturated carbocycles. The van der Waals surface area contributed by atoms with Crippen LogP contribution in [-0.4, -0.2) is 29.6 Å². The summed E-state index contributed by atoms with van der Waals surface area (Å²) in [6.07, 6.45) is 0.200. The number of carbonyl (C=O) groups excluding carboxylic acids is 1. The Hall–Kier alpha value is -0.570. The van der Waals surface area contributed by atoms with Gasteiger partial charge in [0, 0.05) is 6.54 Å². The van der Waals surface area contributed by atoms with Crippen molar-refractivity contribution >= 4 is 5.91 Å². The van der Waals surface area contributed by atoms with Crippen molar-refractivity contribution in [1.29, 1.82) is 0 Å². The van der Waals surface area contributed by atoms with E-state index < -0.39 is 0 Å². The summed E-state index contributed by atoms with van der Waals surface area (Å²) in [5, 5.41) is 3.51. The van der Waals surface area contributed by atoms with E-state index in [1.165, 1.54) is 0 Å². The number of nitrogens with one attached hydrogen (secondary N) is 1. The lowest BCUT2D eigenvalue weighted by molar-refractivity contribution is -0.132. The largest absolute Gasteiger partial charge is 0.325 e. The van der Waals surface area contributed by atoms with Crippen molar-refractivity contribution in [3.63, 3.8) is 0 Å². The summed E-state index contributed by atoms with van der Waals surface area (Å²) in [7, 11) is 0. The van der Waals surface area contributed by atoms with Crippen LogP contribution in [0.5, 0.6) is 0 Å². The maximum atomic E-state index is 12.5. The predicted molar refractivity (Wildman–Crippen MR) is 76.1 cm³/mol. The predicted octanol–water partition coefficient (Wildman–Crippen LogP) is 2.72. The van der Waals surface area contributed by atoms with E-state index in [2.05, 4.69) is 58.7 Å². The highest BCUT2D eigenvalue weighted by Gasteiger charge is 2.41. The van der Waals surface area contributed by atoms with Gasteiger partial charge in [0.1, 0.15) is 0 Å². The number of hydrogen-bond acceptors (Lipinski definition) is 2. The van der Waals surface area contributed by atoms with Crippen LogP contribution in [0.15, 0.2) is 0 Å². The van der Waals surface area contributed by atoms with Gasteiger partial charge in [0.2, 0.25) is 5.91 Å². The van der Waals surface area contributed by atoms with Gasteiger partial charge in [-0.3, -0.25) is 10.1 Å². The van der Waals surface area contributed by atoms with Crippen LogP contribution in [0.2, 0.25) is 0 Å². The molecule has 0 radical (unpaired) electrons. The molecule has 0 aromatic heterocycles. The van der Waals surface area contributed by atoms with Gasteiger partial charge in [-0.2, -0.15) is 0 Å². The fourth-order valence-electron chi connectivity index (χ4n) is 2.42. The molecule has 1 saturated heterocycles. The van der Waals surface area contributed by atoms with E-state index in [0.29, 0.717) is 23.7 Å². The molecule has 0 spiro atoms. The second kappa shape index (κ2) is 6.05. The second-order valence-corrected chi connectivity index (χ2v) is 6.79. The summed E-state index contributed by atoms with van der Waals surface area (Å²) in [5.74, 6) is 2.26. The van der Waals surface area contributed by atoms with E-state index in [4.69, 9.17) is 0 Å². The van der Waals surface area contributed by atoms with Crippen LogP contribution >= 0.6 is 0 Å². The minimum atomic E-state index is -0.00300. The molecule has 18 heavy (non-hydrogen) atoms. The van der Waals surface area contributed by atoms with Crippen LogP contribution in [0, 0.1) is 23.7 Å². The Kier molecular flexibility index (Phi) is 5.20. The first-order valence-electron chi connectivity index (χ1n) is 7.32. The van der Waals surface area contributed by atoms with E-state index in [1.807, 2.05) is 0 Å². The van der Waals surface area contributed by atoms with Crippen molar-refractivity contribution in [1.82, 2.24) is 10.2 Å². The average molecular weight is 254 g/mol. The molecule has 106 valence electrons. The SMILES string of the molecule is CC(C)C(C)CN1C(=O)C(C(C)C)NC1C(C)C. The highest BCUT2D eigenvalue weighted by Crippen LogP contribution is 2.24. The number of rotatable bonds is 5. The Balaban J connectivity index is 2.81. The molecule has 3 unspecified atom stereocenters. The lowest BCUT2D eigenvalue weighted by Gasteiger charge is -2.30. The zero-order chi connectivity index (χ0) is 14.0. The van der Waals surface area contributed by atoms with Crippen LogP contribution in [0.3, 0.4) is 0 Å². The van der Waals surface area contributed by atoms with E-state index >= 15 is 0 Å². The molecule has 3 heteroatoms. The van der Waals surface area contributed by atoms with E-state index in [-0.39, 0.29) is 18.1 Å². The molecular formula is C15H30N2O. The van der Waals surface area contributed by atoms with Gasteiger partial charge in [0.05, 0.1) is 12.2 Å². The molecule has 1 amide bonds. The van der Waals surface area contributed by atoms with Gasteiger partial charge < -0.3 is 4.90 Å². The number of carbonyl (C=O) groups is 1. The third kappa shape index (κ3) is 3.25. The standard InChI is InChI=1S/C15H30N2O/c1-9(2)12(7)8-17-14(11(5)6)16-13(10(3)4)15(17)18/h9-14,16H,8H2,1-7H3. The van der Waals surface area contributed by atoms with Gasteiger partial charge in [-0.25, -0.2) is 0 Å². The fourth-order valence-corrected chi connectivity index (χ4v) is 2.42. The first-order valence-corrected chi connectivity index (χ1v) is 7.32. The molecule has 1 heterocycles. The quantitative estimate of drug-likeness (QED) is 0.818. The summed E-state index contributed by atoms with van der Waals surface area (Å²) < 4.78 is 0. The third-order valence-corrected chi connectivity index (χ3v) is 4.16. The lowest BCUT2D eigenvalue weighted by Crippen LogP contribution is -2.44. The van der Waals surface area contributed by atoms with Crippen LogP contribution in [0.4, 0.5) is 0 Å². The molecule has 1 rings (SSSR count). The van der Waals surface area contributed by atoms with Gasteiger partial charge in [-0.15, -0.1) is 0 Å². The van der Waals surface area contributed by atoms with Gasteiger partial charge in [0.15, 0.2) is 0 Å². The summed E-state index contributed by atoms with van der Waals surface area (Å²) in [6, 6.07) is -0.00300. The highest BCUT2D eigenvalue weighted by atomic mass is 16.2. The molecule has 1 aliphatic heterocycles. The minimum absolute atomic E-state index is 0.00300. The summed E-state index contributed by atoms with van der Waals surface area (Å²) >= 11 is 0. The first kappa shape index (κ1) is 15.5. The first-order chi connectivity index (χ1) is 8.25. The Morgan fingerprint density at radius 2 is 1.61 bits per heavy atom. The smallest absolute Gasteiger partial charge is 0.241 e. The molecule has 1 fully saturated rings. The Morgan fingerprint density at radius 1 is 1.06 bits per heavy atom. The minimum Gasteiger partial charge on any atom is -0.325 e. The van der Waals surface area contributed by atoms with Crippen LogP contribution in [0.1, 0.15) is 48.5 Å². The summed E-state index contributed by atoms with van der Waals surface area (Å²) in [5.41, 5.74) is 0. The van der Waals surface area contributed by atoms with Crippen molar-refractivity contribution in [2.24, 2.45) is 23.7 Å². The molecule has 3 atom stereocenters. The van der Waals surface area contributed by atoms with E-state index in [0.717, 1.165) is 6.54 Å². The average Bonchev–Trinajstić information content (AvgIpc) is 2.56. The van der Waals surface area contributed by atoms with Crippen molar-refractivity contribution in [2.45, 2.75) is 60.7 Å². The Labute approximate surface area is 112 Å². The van der Waals surface area contributed by atoms with Gasteiger partial charge in [0.25, 0.3) is 0 Å². The highest BCUT2D eigenvalue weighted by molar-refractivity contribution is 5.84. The number of amides is 1. The zero-order valence-electron chi connectivity index (χ0n) is 13.0. The molecular weight excluding hydrogens is 224 g/mol. The van der Waals surface area contributed by atoms with Crippen molar-refractivity contribution in [3.05, 3.63) is 0 Å². The topological polar surface area (TPSA) is 32.3 Å². The molecule has 0 bridgehead atoms. The molecule has 3 nitrogen and oxygen atoms in total. The number of hydrogen-bond donors (Lipinski definition) is 1. The maximum absolute atomic E-state index is 12.5. The second-order valence-electron chi connectivity index (χ2n) is 6.79. The summed E-state index contributed by atoms with van der Waals surface area (Å²) in [4.78, 5) is 14.6. The van der Waals surface area contributed by atoms with Gasteiger partial charge in [-0.1, -0.05) is 48.5 Å². The third-order valence-electron chi connectivity index (χ3n) is 4.16. The van der Waals surface area contributed by atoms with Crippen molar-refractivity contribution in [2.75, 3.05) is 6.54 Å². The van der Waals surface area contributed by atoms with Crippen molar-refractivity contribution < 1.29 is 4.79 Å². The fraction of sp³-hybridized carbons (Fsp3) is 0.933. The van der Waals surface area contributed by atoms with Gasteiger partial charge in [-0.05, 0) is 23.7 Å². The molecule has 1 aliphatic rings. The molecule has 1 N–H and O–H groups in total. The van der Waals surface area contributed by atoms with E-state index in [9.17, 15) is 4.79 Å². The zero-order valence-corrected chi connectivity index (χ0v) is 13.0. The Bertz CT molecular complexity index is 286. The van der Waals surface area contributed by atoms with Crippen LogP contribution in [0.25, 0.3) is 0 Å².